The predicted molar refractivity (Wildman–Crippen MR) is 97.8 cm³/mol. The van der Waals surface area contributed by atoms with E-state index in [0.29, 0.717) is 5.95 Å². The molecule has 1 aromatic rings. The van der Waals surface area contributed by atoms with Crippen molar-refractivity contribution in [3.63, 3.8) is 0 Å². The van der Waals surface area contributed by atoms with Gasteiger partial charge in [-0.1, -0.05) is 13.3 Å². The maximum absolute atomic E-state index is 13.0. The van der Waals surface area contributed by atoms with Gasteiger partial charge in [0, 0.05) is 26.2 Å². The number of unbranched alkanes of at least 4 members (excludes halogenated alkanes) is 1. The van der Waals surface area contributed by atoms with E-state index in [4.69, 9.17) is 0 Å². The second-order valence-electron chi connectivity index (χ2n) is 7.13. The van der Waals surface area contributed by atoms with E-state index in [9.17, 15) is 9.18 Å². The molecule has 0 bridgehead atoms. The quantitative estimate of drug-likeness (QED) is 0.861. The number of halogens is 1. The van der Waals surface area contributed by atoms with Crippen LogP contribution in [0.2, 0.25) is 0 Å². The lowest BCUT2D eigenvalue weighted by Crippen LogP contribution is -2.60. The first-order valence-electron chi connectivity index (χ1n) is 8.87. The predicted octanol–water partition coefficient (Wildman–Crippen LogP) is 2.22. The van der Waals surface area contributed by atoms with Gasteiger partial charge in [0.05, 0.1) is 17.1 Å². The van der Waals surface area contributed by atoms with Crippen molar-refractivity contribution < 1.29 is 9.18 Å². The summed E-state index contributed by atoms with van der Waals surface area (Å²) < 4.78 is 12.6. The Labute approximate surface area is 152 Å². The molecule has 1 atom stereocenters. The fraction of sp³-hybridized carbons (Fsp3) is 0.706. The number of hydrogen-bond acceptors (Lipinski definition) is 6. The van der Waals surface area contributed by atoms with E-state index in [1.807, 2.05) is 13.8 Å². The van der Waals surface area contributed by atoms with E-state index in [1.165, 1.54) is 12.4 Å². The number of nitrogens with zero attached hydrogens (tertiary/aromatic N) is 4. The normalized spacial score (nSPS) is 26.7. The van der Waals surface area contributed by atoms with Crippen molar-refractivity contribution in [1.82, 2.24) is 20.2 Å². The van der Waals surface area contributed by atoms with E-state index >= 15 is 0 Å². The van der Waals surface area contributed by atoms with Gasteiger partial charge in [-0.15, -0.1) is 11.8 Å². The molecule has 1 aromatic heterocycles. The number of hydrogen-bond donors (Lipinski definition) is 1. The summed E-state index contributed by atoms with van der Waals surface area (Å²) in [6.07, 6.45) is 5.52. The monoisotopic (exact) mass is 367 g/mol. The van der Waals surface area contributed by atoms with Gasteiger partial charge in [-0.3, -0.25) is 9.69 Å². The molecule has 1 unspecified atom stereocenters. The Morgan fingerprint density at radius 1 is 1.24 bits per heavy atom. The van der Waals surface area contributed by atoms with Crippen molar-refractivity contribution in [2.24, 2.45) is 0 Å². The maximum Gasteiger partial charge on any atom is 0.237 e. The zero-order valence-corrected chi connectivity index (χ0v) is 15.9. The van der Waals surface area contributed by atoms with Crippen LogP contribution in [0.4, 0.5) is 10.3 Å². The van der Waals surface area contributed by atoms with Gasteiger partial charge >= 0.3 is 0 Å². The molecule has 1 amide bonds. The minimum absolute atomic E-state index is 0.109. The molecular weight excluding hydrogens is 341 g/mol. The average Bonchev–Trinajstić information content (AvgIpc) is 2.84. The number of piperazine rings is 1. The highest BCUT2D eigenvalue weighted by atomic mass is 32.2. The largest absolute Gasteiger partial charge is 0.338 e. The summed E-state index contributed by atoms with van der Waals surface area (Å²) in [6, 6.07) is 0. The van der Waals surface area contributed by atoms with E-state index in [1.54, 1.807) is 11.8 Å². The number of amides is 1. The molecule has 2 aliphatic rings. The highest BCUT2D eigenvalue weighted by Gasteiger charge is 2.53. The standard InChI is InChI=1S/C17H26FN5OS/c1-4-5-6-17(21-14(24)16(2,3)25-17)23-9-7-22(8-10-23)15-19-11-13(18)12-20-15/h11-12H,4-10H2,1-3H3,(H,21,24). The molecule has 8 heteroatoms. The average molecular weight is 367 g/mol. The molecule has 6 nitrogen and oxygen atoms in total. The van der Waals surface area contributed by atoms with Gasteiger partial charge in [-0.25, -0.2) is 14.4 Å². The van der Waals surface area contributed by atoms with Crippen molar-refractivity contribution >= 4 is 23.6 Å². The van der Waals surface area contributed by atoms with Gasteiger partial charge in [0.2, 0.25) is 11.9 Å². The molecule has 2 fully saturated rings. The Hall–Kier alpha value is -1.41. The van der Waals surface area contributed by atoms with Crippen molar-refractivity contribution in [2.45, 2.75) is 49.8 Å². The Morgan fingerprint density at radius 3 is 2.40 bits per heavy atom. The smallest absolute Gasteiger partial charge is 0.237 e. The van der Waals surface area contributed by atoms with Crippen LogP contribution in [-0.2, 0) is 4.79 Å². The SMILES string of the molecule is CCCCC1(N2CCN(c3ncc(F)cn3)CC2)NC(=O)C(C)(C)S1. The van der Waals surface area contributed by atoms with Crippen LogP contribution in [-0.4, -0.2) is 56.7 Å². The topological polar surface area (TPSA) is 61.4 Å². The van der Waals surface area contributed by atoms with Crippen molar-refractivity contribution in [3.05, 3.63) is 18.2 Å². The number of thioether (sulfide) groups is 1. The molecule has 0 aliphatic carbocycles. The fourth-order valence-electron chi connectivity index (χ4n) is 3.39. The summed E-state index contributed by atoms with van der Waals surface area (Å²) in [7, 11) is 0. The van der Waals surface area contributed by atoms with Gasteiger partial charge in [-0.05, 0) is 26.7 Å². The number of aromatic nitrogens is 2. The molecule has 3 rings (SSSR count). The summed E-state index contributed by atoms with van der Waals surface area (Å²) in [5.41, 5.74) is 0. The van der Waals surface area contributed by atoms with Gasteiger partial charge in [0.25, 0.3) is 0 Å². The van der Waals surface area contributed by atoms with Crippen LogP contribution in [0.15, 0.2) is 12.4 Å². The number of carbonyl (C=O) groups excluding carboxylic acids is 1. The number of nitrogens with one attached hydrogen (secondary N) is 1. The van der Waals surface area contributed by atoms with Gasteiger partial charge < -0.3 is 10.2 Å². The van der Waals surface area contributed by atoms with E-state index in [0.717, 1.165) is 45.4 Å². The van der Waals surface area contributed by atoms with Crippen LogP contribution < -0.4 is 10.2 Å². The van der Waals surface area contributed by atoms with Crippen molar-refractivity contribution in [3.8, 4) is 0 Å². The zero-order chi connectivity index (χ0) is 18.1. The third-order valence-corrected chi connectivity index (χ3v) is 6.43. The van der Waals surface area contributed by atoms with Crippen molar-refractivity contribution in [2.75, 3.05) is 31.1 Å². The Balaban J connectivity index is 1.70. The lowest BCUT2D eigenvalue weighted by molar-refractivity contribution is -0.124. The molecule has 0 radical (unpaired) electrons. The summed E-state index contributed by atoms with van der Waals surface area (Å²) >= 11 is 1.73. The second-order valence-corrected chi connectivity index (χ2v) is 9.03. The van der Waals surface area contributed by atoms with E-state index < -0.39 is 10.6 Å². The first kappa shape index (κ1) is 18.4. The highest BCUT2D eigenvalue weighted by Crippen LogP contribution is 2.46. The molecule has 0 aromatic carbocycles. The fourth-order valence-corrected chi connectivity index (χ4v) is 5.08. The zero-order valence-electron chi connectivity index (χ0n) is 15.1. The van der Waals surface area contributed by atoms with E-state index in [2.05, 4.69) is 32.0 Å². The molecule has 25 heavy (non-hydrogen) atoms. The molecule has 138 valence electrons. The van der Waals surface area contributed by atoms with Crippen molar-refractivity contribution in [1.29, 1.82) is 0 Å². The van der Waals surface area contributed by atoms with Crippen LogP contribution >= 0.6 is 11.8 Å². The highest BCUT2D eigenvalue weighted by molar-refractivity contribution is 8.03. The first-order chi connectivity index (χ1) is 11.9. The second kappa shape index (κ2) is 7.07. The Morgan fingerprint density at radius 2 is 1.88 bits per heavy atom. The lowest BCUT2D eigenvalue weighted by Gasteiger charge is -2.45. The van der Waals surface area contributed by atoms with Gasteiger partial charge in [0.15, 0.2) is 5.82 Å². The third-order valence-electron chi connectivity index (χ3n) is 4.83. The van der Waals surface area contributed by atoms with Crippen LogP contribution in [0.5, 0.6) is 0 Å². The lowest BCUT2D eigenvalue weighted by atomic mass is 10.1. The molecule has 0 saturated carbocycles. The summed E-state index contributed by atoms with van der Waals surface area (Å²) in [6.45, 7) is 9.30. The minimum Gasteiger partial charge on any atom is -0.338 e. The Bertz CT molecular complexity index is 618. The molecule has 3 heterocycles. The van der Waals surface area contributed by atoms with Crippen LogP contribution in [0.25, 0.3) is 0 Å². The van der Waals surface area contributed by atoms with E-state index in [-0.39, 0.29) is 10.9 Å². The minimum atomic E-state index is -0.423. The number of anilines is 1. The van der Waals surface area contributed by atoms with Crippen LogP contribution in [0.1, 0.15) is 40.0 Å². The van der Waals surface area contributed by atoms with Crippen LogP contribution in [0, 0.1) is 5.82 Å². The molecule has 0 spiro atoms. The summed E-state index contributed by atoms with van der Waals surface area (Å²) in [5, 5.41) is 3.27. The maximum atomic E-state index is 13.0. The van der Waals surface area contributed by atoms with Gasteiger partial charge in [-0.2, -0.15) is 0 Å². The molecule has 2 aliphatic heterocycles. The Kier molecular flexibility index (Phi) is 5.20. The number of carbonyl (C=O) groups is 1. The third kappa shape index (κ3) is 3.74. The van der Waals surface area contributed by atoms with Gasteiger partial charge in [0.1, 0.15) is 4.99 Å². The molecule has 2 saturated heterocycles. The summed E-state index contributed by atoms with van der Waals surface area (Å²) in [4.78, 5) is 24.7. The summed E-state index contributed by atoms with van der Waals surface area (Å²) in [5.74, 6) is 0.248. The number of rotatable bonds is 5. The first-order valence-corrected chi connectivity index (χ1v) is 9.68. The molecular formula is C17H26FN5OS. The molecule has 1 N–H and O–H groups in total. The van der Waals surface area contributed by atoms with Crippen LogP contribution in [0.3, 0.4) is 0 Å².